The number of benzene rings is 1. The molecule has 180 valence electrons. The lowest BCUT2D eigenvalue weighted by Crippen LogP contribution is -2.31. The third-order valence-electron chi connectivity index (χ3n) is 6.00. The highest BCUT2D eigenvalue weighted by Crippen LogP contribution is 2.30. The van der Waals surface area contributed by atoms with Crippen molar-refractivity contribution in [2.24, 2.45) is 0 Å². The normalized spacial score (nSPS) is 14.1. The molecule has 4 aromatic rings. The molecular formula is C26H29N7OS. The second-order valence-corrected chi connectivity index (χ2v) is 9.58. The summed E-state index contributed by atoms with van der Waals surface area (Å²) in [4.78, 5) is 24.4. The number of hydrogen-bond donors (Lipinski definition) is 2. The number of aryl methyl sites for hydroxylation is 1. The first-order chi connectivity index (χ1) is 17.1. The highest BCUT2D eigenvalue weighted by atomic mass is 32.1. The molecule has 0 amide bonds. The van der Waals surface area contributed by atoms with E-state index in [1.54, 1.807) is 7.11 Å². The maximum absolute atomic E-state index is 5.01. The highest BCUT2D eigenvalue weighted by molar-refractivity contribution is 7.21. The van der Waals surface area contributed by atoms with Crippen LogP contribution in [0.25, 0.3) is 10.3 Å². The Morgan fingerprint density at radius 3 is 2.74 bits per heavy atom. The summed E-state index contributed by atoms with van der Waals surface area (Å²) in [6.07, 6.45) is 4.96. The Morgan fingerprint density at radius 2 is 1.97 bits per heavy atom. The minimum atomic E-state index is 0.781. The molecule has 0 saturated carbocycles. The number of nitrogens with zero attached hydrogens (tertiary/aromatic N) is 5. The second kappa shape index (κ2) is 10.4. The summed E-state index contributed by atoms with van der Waals surface area (Å²) in [5.41, 5.74) is 8.49. The van der Waals surface area contributed by atoms with E-state index in [9.17, 15) is 0 Å². The van der Waals surface area contributed by atoms with Gasteiger partial charge in [-0.05, 0) is 55.0 Å². The van der Waals surface area contributed by atoms with E-state index < -0.39 is 0 Å². The van der Waals surface area contributed by atoms with Crippen molar-refractivity contribution in [3.05, 3.63) is 77.6 Å². The van der Waals surface area contributed by atoms with Crippen LogP contribution in [-0.2, 0) is 11.4 Å². The minimum Gasteiger partial charge on any atom is -0.329 e. The van der Waals surface area contributed by atoms with Crippen LogP contribution in [0.15, 0.2) is 66.5 Å². The van der Waals surface area contributed by atoms with Gasteiger partial charge >= 0.3 is 0 Å². The number of anilines is 4. The van der Waals surface area contributed by atoms with Crippen molar-refractivity contribution in [3.8, 4) is 0 Å². The first kappa shape index (κ1) is 23.2. The standard InChI is InChI=1S/C26H29N7OS/c1-18-4-6-21(7-5-18)32(2)24-9-8-22-25(30-24)35-26(28-22)29-23-16-19(10-13-27-23)17-33-14-11-20(12-15-33)31-34-3/h4-11,13,16,31H,12,14-15,17H2,1-3H3,(H,27,28,29). The van der Waals surface area contributed by atoms with Gasteiger partial charge in [0, 0.05) is 50.7 Å². The maximum atomic E-state index is 5.01. The van der Waals surface area contributed by atoms with Gasteiger partial charge in [-0.25, -0.2) is 15.0 Å². The third kappa shape index (κ3) is 5.59. The van der Waals surface area contributed by atoms with Gasteiger partial charge in [0.25, 0.3) is 0 Å². The number of pyridine rings is 2. The number of thiazole rings is 1. The van der Waals surface area contributed by atoms with Crippen LogP contribution in [-0.4, -0.2) is 47.1 Å². The Hall–Kier alpha value is -3.53. The Kier molecular flexibility index (Phi) is 6.89. The lowest BCUT2D eigenvalue weighted by atomic mass is 10.1. The molecule has 3 aromatic heterocycles. The summed E-state index contributed by atoms with van der Waals surface area (Å²) in [5, 5.41) is 4.15. The molecule has 1 aliphatic heterocycles. The van der Waals surface area contributed by atoms with Gasteiger partial charge in [0.1, 0.15) is 22.0 Å². The first-order valence-corrected chi connectivity index (χ1v) is 12.4. The van der Waals surface area contributed by atoms with E-state index in [-0.39, 0.29) is 0 Å². The average molecular weight is 488 g/mol. The van der Waals surface area contributed by atoms with E-state index in [0.717, 1.165) is 64.6 Å². The van der Waals surface area contributed by atoms with Crippen molar-refractivity contribution >= 4 is 44.1 Å². The van der Waals surface area contributed by atoms with E-state index >= 15 is 0 Å². The fourth-order valence-electron chi connectivity index (χ4n) is 4.04. The minimum absolute atomic E-state index is 0.781. The summed E-state index contributed by atoms with van der Waals surface area (Å²) in [5.74, 6) is 1.67. The molecule has 0 radical (unpaired) electrons. The van der Waals surface area contributed by atoms with Crippen molar-refractivity contribution in [1.82, 2.24) is 25.3 Å². The molecule has 0 atom stereocenters. The quantitative estimate of drug-likeness (QED) is 0.331. The largest absolute Gasteiger partial charge is 0.329 e. The second-order valence-electron chi connectivity index (χ2n) is 8.60. The van der Waals surface area contributed by atoms with E-state index in [1.165, 1.54) is 22.5 Å². The van der Waals surface area contributed by atoms with Crippen LogP contribution in [0.5, 0.6) is 0 Å². The van der Waals surface area contributed by atoms with Gasteiger partial charge in [-0.15, -0.1) is 0 Å². The molecular weight excluding hydrogens is 458 g/mol. The molecule has 0 fully saturated rings. The summed E-state index contributed by atoms with van der Waals surface area (Å²) in [6.45, 7) is 4.83. The zero-order chi connectivity index (χ0) is 24.2. The third-order valence-corrected chi connectivity index (χ3v) is 6.88. The van der Waals surface area contributed by atoms with Gasteiger partial charge in [-0.2, -0.15) is 0 Å². The van der Waals surface area contributed by atoms with Crippen LogP contribution in [0.4, 0.5) is 22.5 Å². The number of fused-ring (bicyclic) bond motifs is 1. The maximum Gasteiger partial charge on any atom is 0.190 e. The number of nitrogens with one attached hydrogen (secondary N) is 2. The fourth-order valence-corrected chi connectivity index (χ4v) is 4.88. The summed E-state index contributed by atoms with van der Waals surface area (Å²) in [7, 11) is 3.67. The molecule has 4 heterocycles. The molecule has 0 bridgehead atoms. The smallest absolute Gasteiger partial charge is 0.190 e. The highest BCUT2D eigenvalue weighted by Gasteiger charge is 2.14. The van der Waals surface area contributed by atoms with Gasteiger partial charge in [-0.3, -0.25) is 15.2 Å². The predicted octanol–water partition coefficient (Wildman–Crippen LogP) is 5.15. The number of rotatable bonds is 8. The average Bonchev–Trinajstić information content (AvgIpc) is 3.27. The zero-order valence-electron chi connectivity index (χ0n) is 20.2. The number of hydrogen-bond acceptors (Lipinski definition) is 9. The van der Waals surface area contributed by atoms with Crippen molar-refractivity contribution in [2.45, 2.75) is 19.9 Å². The van der Waals surface area contributed by atoms with E-state index in [0.29, 0.717) is 0 Å². The monoisotopic (exact) mass is 487 g/mol. The van der Waals surface area contributed by atoms with Crippen LogP contribution in [0, 0.1) is 6.92 Å². The number of aromatic nitrogens is 3. The van der Waals surface area contributed by atoms with Crippen LogP contribution in [0.3, 0.4) is 0 Å². The molecule has 9 heteroatoms. The van der Waals surface area contributed by atoms with Gasteiger partial charge in [0.2, 0.25) is 0 Å². The van der Waals surface area contributed by atoms with Crippen LogP contribution in [0.1, 0.15) is 17.5 Å². The Balaban J connectivity index is 1.27. The summed E-state index contributed by atoms with van der Waals surface area (Å²) in [6, 6.07) is 16.6. The SMILES string of the molecule is CONC1=CCN(Cc2ccnc(Nc3nc4ccc(N(C)c5ccc(C)cc5)nc4s3)c2)CC1. The van der Waals surface area contributed by atoms with Crippen molar-refractivity contribution in [1.29, 1.82) is 0 Å². The lowest BCUT2D eigenvalue weighted by Gasteiger charge is -2.26. The molecule has 35 heavy (non-hydrogen) atoms. The van der Waals surface area contributed by atoms with Gasteiger partial charge in [0.15, 0.2) is 5.13 Å². The summed E-state index contributed by atoms with van der Waals surface area (Å²) < 4.78 is 0. The molecule has 0 aliphatic carbocycles. The zero-order valence-corrected chi connectivity index (χ0v) is 21.0. The Morgan fingerprint density at radius 1 is 1.11 bits per heavy atom. The molecule has 0 unspecified atom stereocenters. The molecule has 1 aromatic carbocycles. The van der Waals surface area contributed by atoms with Crippen molar-refractivity contribution in [3.63, 3.8) is 0 Å². The molecule has 0 saturated heterocycles. The molecule has 5 rings (SSSR count). The molecule has 8 nitrogen and oxygen atoms in total. The van der Waals surface area contributed by atoms with Crippen LogP contribution < -0.4 is 15.7 Å². The Bertz CT molecular complexity index is 1340. The lowest BCUT2D eigenvalue weighted by molar-refractivity contribution is 0.109. The number of hydroxylamine groups is 1. The van der Waals surface area contributed by atoms with E-state index in [2.05, 4.69) is 75.0 Å². The fraction of sp³-hybridized carbons (Fsp3) is 0.269. The van der Waals surface area contributed by atoms with Crippen LogP contribution in [0.2, 0.25) is 0 Å². The van der Waals surface area contributed by atoms with Gasteiger partial charge in [-0.1, -0.05) is 29.0 Å². The topological polar surface area (TPSA) is 78.4 Å². The Labute approximate surface area is 209 Å². The molecule has 2 N–H and O–H groups in total. The summed E-state index contributed by atoms with van der Waals surface area (Å²) >= 11 is 1.53. The van der Waals surface area contributed by atoms with Gasteiger partial charge in [0.05, 0.1) is 7.11 Å². The van der Waals surface area contributed by atoms with Crippen LogP contribution >= 0.6 is 11.3 Å². The van der Waals surface area contributed by atoms with Gasteiger partial charge < -0.3 is 10.2 Å². The van der Waals surface area contributed by atoms with Crippen molar-refractivity contribution in [2.75, 3.05) is 37.5 Å². The van der Waals surface area contributed by atoms with E-state index in [4.69, 9.17) is 14.8 Å². The molecule has 1 aliphatic rings. The predicted molar refractivity (Wildman–Crippen MR) is 142 cm³/mol. The first-order valence-electron chi connectivity index (χ1n) is 11.6. The molecule has 0 spiro atoms. The van der Waals surface area contributed by atoms with Crippen molar-refractivity contribution < 1.29 is 4.84 Å². The van der Waals surface area contributed by atoms with E-state index in [1.807, 2.05) is 25.4 Å².